The molecule has 0 atom stereocenters. The van der Waals surface area contributed by atoms with Gasteiger partial charge in [-0.15, -0.1) is 0 Å². The number of carbonyl (C=O) groups is 1. The van der Waals surface area contributed by atoms with Crippen LogP contribution in [0.1, 0.15) is 71.6 Å². The molecule has 0 aromatic heterocycles. The molecule has 98 valence electrons. The van der Waals surface area contributed by atoms with Crippen molar-refractivity contribution in [2.45, 2.75) is 71.6 Å². The van der Waals surface area contributed by atoms with Gasteiger partial charge in [0, 0.05) is 6.42 Å². The van der Waals surface area contributed by atoms with Gasteiger partial charge >= 0.3 is 5.97 Å². The average Bonchev–Trinajstić information content (AvgIpc) is 2.37. The summed E-state index contributed by atoms with van der Waals surface area (Å²) < 4.78 is 0. The van der Waals surface area contributed by atoms with Crippen LogP contribution in [0.5, 0.6) is 0 Å². The van der Waals surface area contributed by atoms with Gasteiger partial charge in [0.05, 0.1) is 5.71 Å². The molecule has 17 heavy (non-hydrogen) atoms. The Hall–Kier alpha value is -0.860. The van der Waals surface area contributed by atoms with Crippen molar-refractivity contribution in [3.8, 4) is 0 Å². The van der Waals surface area contributed by atoms with Gasteiger partial charge in [-0.3, -0.25) is 0 Å². The zero-order chi connectivity index (χ0) is 12.5. The summed E-state index contributed by atoms with van der Waals surface area (Å²) in [5.41, 5.74) is 0.866. The highest BCUT2D eigenvalue weighted by molar-refractivity contribution is 5.82. The molecule has 1 aliphatic carbocycles. The Bertz CT molecular complexity index is 255. The first-order valence-corrected chi connectivity index (χ1v) is 6.95. The third kappa shape index (κ3) is 6.44. The van der Waals surface area contributed by atoms with E-state index < -0.39 is 0 Å². The van der Waals surface area contributed by atoms with Gasteiger partial charge in [-0.05, 0) is 32.1 Å². The Morgan fingerprint density at radius 2 is 2.00 bits per heavy atom. The zero-order valence-electron chi connectivity index (χ0n) is 11.2. The minimum absolute atomic E-state index is 0.186. The molecule has 0 aromatic carbocycles. The Morgan fingerprint density at radius 3 is 2.65 bits per heavy atom. The summed E-state index contributed by atoms with van der Waals surface area (Å²) in [5.74, 6) is 0.658. The number of carbonyl (C=O) groups excluding carboxylic acids is 1. The van der Waals surface area contributed by atoms with Gasteiger partial charge in [-0.1, -0.05) is 44.2 Å². The van der Waals surface area contributed by atoms with Crippen molar-refractivity contribution in [2.75, 3.05) is 0 Å². The topological polar surface area (TPSA) is 38.7 Å². The normalized spacial score (nSPS) is 18.1. The monoisotopic (exact) mass is 239 g/mol. The number of nitrogens with zero attached hydrogens (tertiary/aromatic N) is 1. The number of rotatable bonds is 6. The molecule has 0 heterocycles. The van der Waals surface area contributed by atoms with E-state index in [0.29, 0.717) is 6.42 Å². The Morgan fingerprint density at radius 1 is 1.29 bits per heavy atom. The van der Waals surface area contributed by atoms with Crippen LogP contribution in [0.4, 0.5) is 0 Å². The molecular formula is C14H25NO2. The summed E-state index contributed by atoms with van der Waals surface area (Å²) in [6.07, 6.45) is 10.3. The molecule has 1 fully saturated rings. The number of hydrogen-bond donors (Lipinski definition) is 0. The van der Waals surface area contributed by atoms with E-state index >= 15 is 0 Å². The lowest BCUT2D eigenvalue weighted by Crippen LogP contribution is -2.08. The van der Waals surface area contributed by atoms with Crippen LogP contribution in [-0.4, -0.2) is 11.7 Å². The molecule has 3 nitrogen and oxygen atoms in total. The third-order valence-corrected chi connectivity index (χ3v) is 3.53. The first-order valence-electron chi connectivity index (χ1n) is 6.95. The van der Waals surface area contributed by atoms with Crippen molar-refractivity contribution in [1.29, 1.82) is 0 Å². The second-order valence-electron chi connectivity index (χ2n) is 5.04. The summed E-state index contributed by atoms with van der Waals surface area (Å²) in [6.45, 7) is 3.87. The van der Waals surface area contributed by atoms with Crippen LogP contribution in [0, 0.1) is 5.92 Å². The fourth-order valence-corrected chi connectivity index (χ4v) is 2.25. The van der Waals surface area contributed by atoms with Crippen LogP contribution in [0.25, 0.3) is 0 Å². The van der Waals surface area contributed by atoms with Crippen molar-refractivity contribution >= 4 is 11.7 Å². The number of hydrogen-bond acceptors (Lipinski definition) is 3. The quantitative estimate of drug-likeness (QED) is 0.398. The van der Waals surface area contributed by atoms with Crippen LogP contribution >= 0.6 is 0 Å². The van der Waals surface area contributed by atoms with Crippen molar-refractivity contribution in [1.82, 2.24) is 0 Å². The van der Waals surface area contributed by atoms with E-state index in [0.717, 1.165) is 24.5 Å². The molecule has 0 aliphatic heterocycles. The molecular weight excluding hydrogens is 214 g/mol. The zero-order valence-corrected chi connectivity index (χ0v) is 11.2. The molecule has 1 rings (SSSR count). The second kappa shape index (κ2) is 8.26. The maximum absolute atomic E-state index is 11.4. The molecule has 1 aliphatic rings. The van der Waals surface area contributed by atoms with E-state index in [2.05, 4.69) is 5.16 Å². The summed E-state index contributed by atoms with van der Waals surface area (Å²) in [7, 11) is 0. The predicted molar refractivity (Wildman–Crippen MR) is 69.9 cm³/mol. The van der Waals surface area contributed by atoms with Crippen molar-refractivity contribution in [3.63, 3.8) is 0 Å². The van der Waals surface area contributed by atoms with Crippen LogP contribution < -0.4 is 0 Å². The standard InChI is InChI=1S/C14H25NO2/c1-3-12(2)15-17-14(16)11-7-10-13-8-5-4-6-9-13/h13H,3-11H2,1-2H3/b15-12+. The molecule has 0 unspecified atom stereocenters. The summed E-state index contributed by atoms with van der Waals surface area (Å²) in [4.78, 5) is 16.2. The third-order valence-electron chi connectivity index (χ3n) is 3.53. The van der Waals surface area contributed by atoms with Crippen LogP contribution in [-0.2, 0) is 9.63 Å². The van der Waals surface area contributed by atoms with E-state index in [-0.39, 0.29) is 5.97 Å². The molecule has 1 saturated carbocycles. The molecule has 0 amide bonds. The molecule has 0 spiro atoms. The van der Waals surface area contributed by atoms with Crippen LogP contribution in [0.3, 0.4) is 0 Å². The fraction of sp³-hybridized carbons (Fsp3) is 0.857. The maximum Gasteiger partial charge on any atom is 0.335 e. The van der Waals surface area contributed by atoms with Gasteiger partial charge in [-0.2, -0.15) is 0 Å². The number of oxime groups is 1. The van der Waals surface area contributed by atoms with E-state index in [4.69, 9.17) is 4.84 Å². The highest BCUT2D eigenvalue weighted by Gasteiger charge is 2.13. The summed E-state index contributed by atoms with van der Waals surface area (Å²) in [5, 5.41) is 3.78. The predicted octanol–water partition coefficient (Wildman–Crippen LogP) is 4.07. The first-order chi connectivity index (χ1) is 8.22. The van der Waals surface area contributed by atoms with Gasteiger partial charge in [0.2, 0.25) is 0 Å². The van der Waals surface area contributed by atoms with Crippen molar-refractivity contribution < 1.29 is 9.63 Å². The van der Waals surface area contributed by atoms with Gasteiger partial charge < -0.3 is 4.84 Å². The highest BCUT2D eigenvalue weighted by atomic mass is 16.7. The lowest BCUT2D eigenvalue weighted by Gasteiger charge is -2.20. The van der Waals surface area contributed by atoms with E-state index in [1.54, 1.807) is 0 Å². The SMILES string of the molecule is CC/C(C)=N/OC(=O)CCCC1CCCCC1. The second-order valence-corrected chi connectivity index (χ2v) is 5.04. The smallest absolute Gasteiger partial charge is 0.318 e. The molecule has 0 radical (unpaired) electrons. The van der Waals surface area contributed by atoms with Gasteiger partial charge in [0.15, 0.2) is 0 Å². The highest BCUT2D eigenvalue weighted by Crippen LogP contribution is 2.27. The van der Waals surface area contributed by atoms with Gasteiger partial charge in [0.25, 0.3) is 0 Å². The minimum Gasteiger partial charge on any atom is -0.318 e. The van der Waals surface area contributed by atoms with Crippen LogP contribution in [0.2, 0.25) is 0 Å². The largest absolute Gasteiger partial charge is 0.335 e. The Kier molecular flexibility index (Phi) is 6.90. The maximum atomic E-state index is 11.4. The average molecular weight is 239 g/mol. The van der Waals surface area contributed by atoms with Crippen molar-refractivity contribution in [3.05, 3.63) is 0 Å². The Labute approximate surface area is 105 Å². The molecule has 3 heteroatoms. The molecule has 0 bridgehead atoms. The van der Waals surface area contributed by atoms with E-state index in [1.807, 2.05) is 13.8 Å². The van der Waals surface area contributed by atoms with Gasteiger partial charge in [-0.25, -0.2) is 4.79 Å². The Balaban J connectivity index is 2.07. The van der Waals surface area contributed by atoms with E-state index in [9.17, 15) is 4.79 Å². The lowest BCUT2D eigenvalue weighted by molar-refractivity contribution is -0.143. The lowest BCUT2D eigenvalue weighted by atomic mass is 9.86. The fourth-order valence-electron chi connectivity index (χ4n) is 2.25. The van der Waals surface area contributed by atoms with Crippen molar-refractivity contribution in [2.24, 2.45) is 11.1 Å². The molecule has 0 saturated heterocycles. The molecule has 0 N–H and O–H groups in total. The van der Waals surface area contributed by atoms with Crippen LogP contribution in [0.15, 0.2) is 5.16 Å². The van der Waals surface area contributed by atoms with E-state index in [1.165, 1.54) is 38.5 Å². The summed E-state index contributed by atoms with van der Waals surface area (Å²) in [6, 6.07) is 0. The summed E-state index contributed by atoms with van der Waals surface area (Å²) >= 11 is 0. The minimum atomic E-state index is -0.186. The van der Waals surface area contributed by atoms with Gasteiger partial charge in [0.1, 0.15) is 0 Å². The first kappa shape index (κ1) is 14.2. The molecule has 0 aromatic rings.